The van der Waals surface area contributed by atoms with E-state index in [1.165, 1.54) is 0 Å². The molecule has 5 N–H and O–H groups in total. The maximum atomic E-state index is 5.21. The van der Waals surface area contributed by atoms with Crippen LogP contribution in [0, 0.1) is 0 Å². The van der Waals surface area contributed by atoms with Crippen molar-refractivity contribution in [2.75, 3.05) is 11.9 Å². The Hall–Kier alpha value is -1.49. The summed E-state index contributed by atoms with van der Waals surface area (Å²) in [6, 6.07) is 3.62. The second kappa shape index (κ2) is 6.04. The Balaban J connectivity index is 0.00000169. The largest absolute Gasteiger partial charge is 0.370 e. The molecule has 0 atom stereocenters. The molecule has 6 heteroatoms. The monoisotopic (exact) mass is 215 g/mol. The van der Waals surface area contributed by atoms with Gasteiger partial charge in [-0.05, 0) is 19.1 Å². The molecule has 0 aliphatic rings. The van der Waals surface area contributed by atoms with Gasteiger partial charge in [-0.1, -0.05) is 0 Å². The summed E-state index contributed by atoms with van der Waals surface area (Å²) in [5, 5.41) is 3.07. The molecule has 1 aromatic rings. The predicted molar refractivity (Wildman–Crippen MR) is 61.1 cm³/mol. The van der Waals surface area contributed by atoms with E-state index in [0.29, 0.717) is 5.69 Å². The molecule has 0 amide bonds. The minimum absolute atomic E-state index is 0. The topological polar surface area (TPSA) is 89.3 Å². The zero-order chi connectivity index (χ0) is 9.68. The van der Waals surface area contributed by atoms with Gasteiger partial charge in [0.15, 0.2) is 5.96 Å². The lowest BCUT2D eigenvalue weighted by Crippen LogP contribution is -2.21. The second-order valence-corrected chi connectivity index (χ2v) is 2.47. The zero-order valence-corrected chi connectivity index (χ0v) is 8.71. The molecule has 0 bridgehead atoms. The van der Waals surface area contributed by atoms with Crippen LogP contribution in [0.3, 0.4) is 0 Å². The lowest BCUT2D eigenvalue weighted by molar-refractivity contribution is 1.16. The van der Waals surface area contributed by atoms with Crippen LogP contribution in [0.25, 0.3) is 0 Å². The molecule has 0 spiro atoms. The number of guanidine groups is 1. The Morgan fingerprint density at radius 1 is 1.50 bits per heavy atom. The van der Waals surface area contributed by atoms with E-state index in [9.17, 15) is 0 Å². The fourth-order valence-corrected chi connectivity index (χ4v) is 0.887. The van der Waals surface area contributed by atoms with E-state index in [4.69, 9.17) is 11.5 Å². The molecule has 0 unspecified atom stereocenters. The number of anilines is 1. The number of hydrogen-bond donors (Lipinski definition) is 3. The summed E-state index contributed by atoms with van der Waals surface area (Å²) < 4.78 is 0. The highest BCUT2D eigenvalue weighted by Gasteiger charge is 1.92. The molecular formula is C8H14ClN5. The molecule has 0 saturated heterocycles. The van der Waals surface area contributed by atoms with Gasteiger partial charge in [-0.2, -0.15) is 0 Å². The van der Waals surface area contributed by atoms with Crippen molar-refractivity contribution in [1.82, 2.24) is 4.98 Å². The number of halogens is 1. The third-order valence-corrected chi connectivity index (χ3v) is 1.36. The van der Waals surface area contributed by atoms with Gasteiger partial charge in [0.1, 0.15) is 5.82 Å². The van der Waals surface area contributed by atoms with Gasteiger partial charge in [0.05, 0.1) is 11.9 Å². The van der Waals surface area contributed by atoms with Crippen molar-refractivity contribution >= 4 is 29.9 Å². The van der Waals surface area contributed by atoms with Crippen molar-refractivity contribution in [1.29, 1.82) is 0 Å². The Morgan fingerprint density at radius 3 is 2.64 bits per heavy atom. The van der Waals surface area contributed by atoms with E-state index in [0.717, 1.165) is 12.4 Å². The third-order valence-electron chi connectivity index (χ3n) is 1.36. The first-order chi connectivity index (χ1) is 6.22. The van der Waals surface area contributed by atoms with Gasteiger partial charge >= 0.3 is 0 Å². The number of nitrogens with zero attached hydrogens (tertiary/aromatic N) is 2. The smallest absolute Gasteiger partial charge is 0.191 e. The van der Waals surface area contributed by atoms with Crippen LogP contribution >= 0.6 is 12.4 Å². The van der Waals surface area contributed by atoms with Crippen molar-refractivity contribution in [3.05, 3.63) is 18.3 Å². The molecule has 78 valence electrons. The molecular weight excluding hydrogens is 202 g/mol. The Bertz CT molecular complexity index is 291. The number of nitrogens with two attached hydrogens (primary N) is 2. The first kappa shape index (κ1) is 12.5. The van der Waals surface area contributed by atoms with Gasteiger partial charge < -0.3 is 16.8 Å². The van der Waals surface area contributed by atoms with Crippen molar-refractivity contribution in [2.24, 2.45) is 16.5 Å². The molecule has 14 heavy (non-hydrogen) atoms. The molecule has 0 aliphatic heterocycles. The lowest BCUT2D eigenvalue weighted by atomic mass is 10.4. The van der Waals surface area contributed by atoms with Gasteiger partial charge in [-0.15, -0.1) is 12.4 Å². The SMILES string of the molecule is CCNc1ccc(N=C(N)N)cn1.Cl. The van der Waals surface area contributed by atoms with Crippen LogP contribution in [0.15, 0.2) is 23.3 Å². The van der Waals surface area contributed by atoms with Crippen LogP contribution in [0.5, 0.6) is 0 Å². The molecule has 0 fully saturated rings. The molecule has 0 radical (unpaired) electrons. The predicted octanol–water partition coefficient (Wildman–Crippen LogP) is 0.840. The Labute approximate surface area is 89.0 Å². The van der Waals surface area contributed by atoms with Gasteiger partial charge in [0.2, 0.25) is 0 Å². The highest BCUT2D eigenvalue weighted by atomic mass is 35.5. The molecule has 1 aromatic heterocycles. The minimum atomic E-state index is 0. The van der Waals surface area contributed by atoms with Gasteiger partial charge in [-0.3, -0.25) is 0 Å². The van der Waals surface area contributed by atoms with E-state index in [1.54, 1.807) is 12.3 Å². The Kier molecular flexibility index (Phi) is 5.40. The summed E-state index contributed by atoms with van der Waals surface area (Å²) >= 11 is 0. The standard InChI is InChI=1S/C8H13N5.ClH/c1-2-11-7-4-3-6(5-12-7)13-8(9)10;/h3-5H,2H2,1H3,(H,11,12)(H4,9,10,13);1H. The van der Waals surface area contributed by atoms with Crippen LogP contribution in [0.2, 0.25) is 0 Å². The van der Waals surface area contributed by atoms with Gasteiger partial charge in [-0.25, -0.2) is 9.98 Å². The lowest BCUT2D eigenvalue weighted by Gasteiger charge is -2.01. The van der Waals surface area contributed by atoms with E-state index in [2.05, 4.69) is 15.3 Å². The summed E-state index contributed by atoms with van der Waals surface area (Å²) in [7, 11) is 0. The highest BCUT2D eigenvalue weighted by molar-refractivity contribution is 5.85. The first-order valence-electron chi connectivity index (χ1n) is 4.02. The molecule has 0 aromatic carbocycles. The maximum absolute atomic E-state index is 5.21. The average Bonchev–Trinajstić information content (AvgIpc) is 2.08. The summed E-state index contributed by atoms with van der Waals surface area (Å²) in [6.07, 6.45) is 1.61. The summed E-state index contributed by atoms with van der Waals surface area (Å²) in [6.45, 7) is 2.85. The molecule has 1 rings (SSSR count). The maximum Gasteiger partial charge on any atom is 0.191 e. The highest BCUT2D eigenvalue weighted by Crippen LogP contribution is 2.11. The van der Waals surface area contributed by atoms with Crippen molar-refractivity contribution in [3.8, 4) is 0 Å². The van der Waals surface area contributed by atoms with E-state index in [1.807, 2.05) is 13.0 Å². The van der Waals surface area contributed by atoms with E-state index < -0.39 is 0 Å². The molecule has 1 heterocycles. The van der Waals surface area contributed by atoms with Crippen molar-refractivity contribution < 1.29 is 0 Å². The number of hydrogen-bond acceptors (Lipinski definition) is 3. The average molecular weight is 216 g/mol. The quantitative estimate of drug-likeness (QED) is 0.515. The number of aliphatic imine (C=N–C) groups is 1. The summed E-state index contributed by atoms with van der Waals surface area (Å²) in [4.78, 5) is 7.93. The van der Waals surface area contributed by atoms with Crippen molar-refractivity contribution in [3.63, 3.8) is 0 Å². The van der Waals surface area contributed by atoms with Gasteiger partial charge in [0, 0.05) is 6.54 Å². The summed E-state index contributed by atoms with van der Waals surface area (Å²) in [5.41, 5.74) is 11.1. The zero-order valence-electron chi connectivity index (χ0n) is 7.90. The number of rotatable bonds is 3. The Morgan fingerprint density at radius 2 is 2.21 bits per heavy atom. The number of pyridine rings is 1. The number of aromatic nitrogens is 1. The van der Waals surface area contributed by atoms with Crippen LogP contribution in [-0.4, -0.2) is 17.5 Å². The fourth-order valence-electron chi connectivity index (χ4n) is 0.887. The van der Waals surface area contributed by atoms with Crippen LogP contribution in [0.1, 0.15) is 6.92 Å². The first-order valence-corrected chi connectivity index (χ1v) is 4.02. The van der Waals surface area contributed by atoms with Crippen LogP contribution in [0.4, 0.5) is 11.5 Å². The van der Waals surface area contributed by atoms with E-state index >= 15 is 0 Å². The summed E-state index contributed by atoms with van der Waals surface area (Å²) in [5.74, 6) is 0.857. The third kappa shape index (κ3) is 3.95. The normalized spacial score (nSPS) is 8.64. The molecule has 0 aliphatic carbocycles. The minimum Gasteiger partial charge on any atom is -0.370 e. The van der Waals surface area contributed by atoms with E-state index in [-0.39, 0.29) is 18.4 Å². The molecule has 5 nitrogen and oxygen atoms in total. The van der Waals surface area contributed by atoms with Crippen LogP contribution < -0.4 is 16.8 Å². The number of nitrogens with one attached hydrogen (secondary N) is 1. The van der Waals surface area contributed by atoms with Crippen LogP contribution in [-0.2, 0) is 0 Å². The van der Waals surface area contributed by atoms with Crippen molar-refractivity contribution in [2.45, 2.75) is 6.92 Å². The second-order valence-electron chi connectivity index (χ2n) is 2.47. The molecule has 0 saturated carbocycles. The van der Waals surface area contributed by atoms with Gasteiger partial charge in [0.25, 0.3) is 0 Å². The fraction of sp³-hybridized carbons (Fsp3) is 0.250.